The van der Waals surface area contributed by atoms with Crippen LogP contribution in [0.4, 0.5) is 4.79 Å². The molecule has 1 fully saturated rings. The Morgan fingerprint density at radius 2 is 1.94 bits per heavy atom. The van der Waals surface area contributed by atoms with Crippen molar-refractivity contribution in [1.82, 2.24) is 10.3 Å². The maximum Gasteiger partial charge on any atom is 0.286 e. The molecule has 0 radical (unpaired) electrons. The van der Waals surface area contributed by atoms with Gasteiger partial charge < -0.3 is 4.42 Å². The number of carbonyl (C=O) groups is 3. The average molecular weight is 477 g/mol. The number of thiophene rings is 1. The van der Waals surface area contributed by atoms with Crippen LogP contribution in [-0.2, 0) is 17.6 Å². The van der Waals surface area contributed by atoms with Crippen molar-refractivity contribution in [2.45, 2.75) is 31.4 Å². The van der Waals surface area contributed by atoms with Gasteiger partial charge in [0.15, 0.2) is 5.78 Å². The lowest BCUT2D eigenvalue weighted by Gasteiger charge is -2.09. The normalized spacial score (nSPS) is 15.8. The summed E-state index contributed by atoms with van der Waals surface area (Å²) < 4.78 is 6.80. The number of nitrogens with one attached hydrogen (secondary N) is 1. The number of carbonyl (C=O) groups excluding carboxylic acids is 3. The fourth-order valence-electron chi connectivity index (χ4n) is 3.98. The van der Waals surface area contributed by atoms with Gasteiger partial charge in [-0.1, -0.05) is 42.1 Å². The highest BCUT2D eigenvalue weighted by atomic mass is 32.2. The maximum atomic E-state index is 13.1. The number of amides is 2. The van der Waals surface area contributed by atoms with E-state index < -0.39 is 5.25 Å². The van der Waals surface area contributed by atoms with Gasteiger partial charge >= 0.3 is 0 Å². The number of nitrogens with zero attached hydrogens (tertiary/aromatic N) is 1. The molecule has 166 valence electrons. The van der Waals surface area contributed by atoms with E-state index in [9.17, 15) is 14.4 Å². The Morgan fingerprint density at radius 1 is 1.12 bits per heavy atom. The third-order valence-electron chi connectivity index (χ3n) is 5.67. The monoisotopic (exact) mass is 476 g/mol. The topological polar surface area (TPSA) is 89.3 Å². The molecule has 0 spiro atoms. The minimum Gasteiger partial charge on any atom is -0.441 e. The molecule has 6 nitrogen and oxygen atoms in total. The molecule has 5 rings (SSSR count). The SMILES string of the molecule is Cc1oc(-c2ccccc2)nc1CCC(=O)c1ccc(CC2SC(=O)NC2=O)c2sccc12. The van der Waals surface area contributed by atoms with Gasteiger partial charge in [0, 0.05) is 34.1 Å². The lowest BCUT2D eigenvalue weighted by atomic mass is 9.98. The van der Waals surface area contributed by atoms with Crippen molar-refractivity contribution in [2.75, 3.05) is 0 Å². The van der Waals surface area contributed by atoms with Crippen LogP contribution in [0.25, 0.3) is 21.5 Å². The predicted octanol–water partition coefficient (Wildman–Crippen LogP) is 5.57. The van der Waals surface area contributed by atoms with E-state index in [-0.39, 0.29) is 16.9 Å². The first-order chi connectivity index (χ1) is 16.0. The van der Waals surface area contributed by atoms with Crippen LogP contribution in [0, 0.1) is 6.92 Å². The van der Waals surface area contributed by atoms with Crippen LogP contribution < -0.4 is 5.32 Å². The molecule has 1 unspecified atom stereocenters. The number of aryl methyl sites for hydroxylation is 2. The smallest absolute Gasteiger partial charge is 0.286 e. The molecule has 2 amide bonds. The molecule has 8 heteroatoms. The van der Waals surface area contributed by atoms with Crippen LogP contribution in [0.15, 0.2) is 58.3 Å². The van der Waals surface area contributed by atoms with Gasteiger partial charge in [-0.05, 0) is 42.5 Å². The van der Waals surface area contributed by atoms with Crippen molar-refractivity contribution in [3.63, 3.8) is 0 Å². The van der Waals surface area contributed by atoms with E-state index in [0.29, 0.717) is 30.7 Å². The number of fused-ring (bicyclic) bond motifs is 1. The summed E-state index contributed by atoms with van der Waals surface area (Å²) in [6.45, 7) is 1.87. The molecule has 1 atom stereocenters. The lowest BCUT2D eigenvalue weighted by molar-refractivity contribution is -0.118. The van der Waals surface area contributed by atoms with Crippen LogP contribution in [0.2, 0.25) is 0 Å². The van der Waals surface area contributed by atoms with Crippen molar-refractivity contribution >= 4 is 50.1 Å². The van der Waals surface area contributed by atoms with Gasteiger partial charge in [0.2, 0.25) is 11.8 Å². The number of aromatic nitrogens is 1. The molecular weight excluding hydrogens is 456 g/mol. The molecule has 1 aliphatic rings. The number of imide groups is 1. The zero-order chi connectivity index (χ0) is 22.9. The molecular formula is C25H20N2O4S2. The standard InChI is InChI=1S/C25H20N2O4S2/c1-14-19(26-24(31-14)15-5-3-2-4-6-15)9-10-20(28)17-8-7-16(22-18(17)11-12-32-22)13-21-23(29)27-25(30)33-21/h2-8,11-12,21H,9-10,13H2,1H3,(H,27,29,30). The van der Waals surface area contributed by atoms with E-state index in [1.807, 2.05) is 60.8 Å². The van der Waals surface area contributed by atoms with Crippen LogP contribution in [-0.4, -0.2) is 27.2 Å². The summed E-state index contributed by atoms with van der Waals surface area (Å²) in [6, 6.07) is 15.4. The quantitative estimate of drug-likeness (QED) is 0.351. The number of rotatable bonds is 7. The van der Waals surface area contributed by atoms with E-state index in [0.717, 1.165) is 44.4 Å². The molecule has 4 aromatic rings. The summed E-state index contributed by atoms with van der Waals surface area (Å²) in [5, 5.41) is 4.43. The molecule has 2 aromatic heterocycles. The van der Waals surface area contributed by atoms with Crippen LogP contribution >= 0.6 is 23.1 Å². The largest absolute Gasteiger partial charge is 0.441 e. The first kappa shape index (κ1) is 21.6. The van der Waals surface area contributed by atoms with Crippen molar-refractivity contribution in [3.8, 4) is 11.5 Å². The van der Waals surface area contributed by atoms with Crippen molar-refractivity contribution in [3.05, 3.63) is 76.5 Å². The molecule has 33 heavy (non-hydrogen) atoms. The summed E-state index contributed by atoms with van der Waals surface area (Å²) in [5.41, 5.74) is 3.33. The van der Waals surface area contributed by atoms with Crippen molar-refractivity contribution in [2.24, 2.45) is 0 Å². The van der Waals surface area contributed by atoms with Crippen molar-refractivity contribution in [1.29, 1.82) is 0 Å². The Labute approximate surface area is 198 Å². The van der Waals surface area contributed by atoms with Gasteiger partial charge in [-0.15, -0.1) is 11.3 Å². The van der Waals surface area contributed by atoms with Gasteiger partial charge in [0.05, 0.1) is 10.9 Å². The average Bonchev–Trinajstić information content (AvgIpc) is 3.52. The second-order valence-electron chi connectivity index (χ2n) is 7.83. The summed E-state index contributed by atoms with van der Waals surface area (Å²) in [4.78, 5) is 41.1. The number of hydrogen-bond acceptors (Lipinski definition) is 7. The Kier molecular flexibility index (Phi) is 5.86. The highest BCUT2D eigenvalue weighted by Gasteiger charge is 2.32. The number of ketones is 1. The number of benzene rings is 2. The minimum atomic E-state index is -0.432. The number of hydrogen-bond donors (Lipinski definition) is 1. The molecule has 2 aromatic carbocycles. The summed E-state index contributed by atoms with van der Waals surface area (Å²) in [7, 11) is 0. The van der Waals surface area contributed by atoms with Crippen LogP contribution in [0.1, 0.15) is 33.8 Å². The van der Waals surface area contributed by atoms with Gasteiger partial charge in [-0.2, -0.15) is 0 Å². The Morgan fingerprint density at radius 3 is 2.70 bits per heavy atom. The molecule has 3 heterocycles. The third-order valence-corrected chi connectivity index (χ3v) is 7.64. The minimum absolute atomic E-state index is 0.0387. The van der Waals surface area contributed by atoms with E-state index in [4.69, 9.17) is 4.42 Å². The second-order valence-corrected chi connectivity index (χ2v) is 9.93. The molecule has 0 saturated carbocycles. The van der Waals surface area contributed by atoms with E-state index in [1.54, 1.807) is 11.3 Å². The van der Waals surface area contributed by atoms with Gasteiger partial charge in [0.1, 0.15) is 5.76 Å². The predicted molar refractivity (Wildman–Crippen MR) is 130 cm³/mol. The zero-order valence-electron chi connectivity index (χ0n) is 17.8. The van der Waals surface area contributed by atoms with Gasteiger partial charge in [0.25, 0.3) is 5.24 Å². The van der Waals surface area contributed by atoms with Crippen LogP contribution in [0.3, 0.4) is 0 Å². The van der Waals surface area contributed by atoms with Gasteiger partial charge in [-0.3, -0.25) is 19.7 Å². The second kappa shape index (κ2) is 8.96. The molecule has 1 saturated heterocycles. The third kappa shape index (κ3) is 4.36. The first-order valence-electron chi connectivity index (χ1n) is 10.5. The Bertz CT molecular complexity index is 1370. The van der Waals surface area contributed by atoms with Crippen LogP contribution in [0.5, 0.6) is 0 Å². The fraction of sp³-hybridized carbons (Fsp3) is 0.200. The maximum absolute atomic E-state index is 13.1. The highest BCUT2D eigenvalue weighted by molar-refractivity contribution is 8.15. The van der Waals surface area contributed by atoms with E-state index in [2.05, 4.69) is 10.3 Å². The zero-order valence-corrected chi connectivity index (χ0v) is 19.4. The first-order valence-corrected chi connectivity index (χ1v) is 12.3. The fourth-order valence-corrected chi connectivity index (χ4v) is 5.78. The van der Waals surface area contributed by atoms with E-state index in [1.165, 1.54) is 0 Å². The number of thioether (sulfide) groups is 1. The van der Waals surface area contributed by atoms with Gasteiger partial charge in [-0.25, -0.2) is 4.98 Å². The highest BCUT2D eigenvalue weighted by Crippen LogP contribution is 2.33. The molecule has 0 aliphatic carbocycles. The number of Topliss-reactive ketones (excluding diaryl/α,β-unsaturated/α-hetero) is 1. The Balaban J connectivity index is 1.33. The number of oxazole rings is 1. The summed E-state index contributed by atoms with van der Waals surface area (Å²) in [5.74, 6) is 1.07. The molecule has 1 aliphatic heterocycles. The van der Waals surface area contributed by atoms with E-state index >= 15 is 0 Å². The summed E-state index contributed by atoms with van der Waals surface area (Å²) >= 11 is 2.56. The van der Waals surface area contributed by atoms with Crippen molar-refractivity contribution < 1.29 is 18.8 Å². The lowest BCUT2D eigenvalue weighted by Crippen LogP contribution is -2.25. The molecule has 1 N–H and O–H groups in total. The Hall–Kier alpha value is -3.23. The molecule has 0 bridgehead atoms. The summed E-state index contributed by atoms with van der Waals surface area (Å²) in [6.07, 6.45) is 1.27.